The van der Waals surface area contributed by atoms with E-state index in [0.717, 1.165) is 25.7 Å². The van der Waals surface area contributed by atoms with Crippen LogP contribution >= 0.6 is 0 Å². The smallest absolute Gasteiger partial charge is 0.408 e. The molecule has 0 rings (SSSR count). The molecule has 7 nitrogen and oxygen atoms in total. The topological polar surface area (TPSA) is 95.9 Å². The van der Waals surface area contributed by atoms with Crippen molar-refractivity contribution >= 4 is 18.0 Å². The Hall–Kier alpha value is -1.79. The van der Waals surface area contributed by atoms with Gasteiger partial charge < -0.3 is 20.1 Å². The Labute approximate surface area is 329 Å². The zero-order valence-electron chi connectivity index (χ0n) is 36.1. The minimum Gasteiger partial charge on any atom is -0.481 e. The number of aliphatic carboxylic acids is 1. The number of carbonyl (C=O) groups excluding carboxylic acids is 2. The van der Waals surface area contributed by atoms with E-state index in [4.69, 9.17) is 4.74 Å². The van der Waals surface area contributed by atoms with E-state index in [1.807, 2.05) is 4.90 Å². The van der Waals surface area contributed by atoms with Gasteiger partial charge in [0.1, 0.15) is 11.6 Å². The first-order chi connectivity index (χ1) is 25.6. The number of nitrogens with zero attached hydrogens (tertiary/aromatic N) is 1. The second-order valence-corrected chi connectivity index (χ2v) is 17.1. The van der Waals surface area contributed by atoms with Gasteiger partial charge in [-0.15, -0.1) is 0 Å². The van der Waals surface area contributed by atoms with Crippen LogP contribution in [0.2, 0.25) is 0 Å². The van der Waals surface area contributed by atoms with Gasteiger partial charge >= 0.3 is 12.1 Å². The fourth-order valence-corrected chi connectivity index (χ4v) is 7.23. The third kappa shape index (κ3) is 36.9. The summed E-state index contributed by atoms with van der Waals surface area (Å²) >= 11 is 0. The van der Waals surface area contributed by atoms with Crippen LogP contribution in [-0.2, 0) is 14.3 Å². The van der Waals surface area contributed by atoms with Crippen LogP contribution in [-0.4, -0.2) is 52.7 Å². The molecule has 0 aliphatic carbocycles. The monoisotopic (exact) mass is 751 g/mol. The quantitative estimate of drug-likeness (QED) is 0.0610. The van der Waals surface area contributed by atoms with Crippen molar-refractivity contribution in [3.63, 3.8) is 0 Å². The lowest BCUT2D eigenvalue weighted by molar-refractivity contribution is -0.138. The number of hydrogen-bond acceptors (Lipinski definition) is 4. The van der Waals surface area contributed by atoms with Crippen molar-refractivity contribution in [2.75, 3.05) is 13.1 Å². The average Bonchev–Trinajstić information content (AvgIpc) is 3.10. The van der Waals surface area contributed by atoms with Crippen LogP contribution in [0.15, 0.2) is 0 Å². The normalized spacial score (nSPS) is 12.2. The van der Waals surface area contributed by atoms with Crippen LogP contribution < -0.4 is 5.32 Å². The number of hydrogen-bond donors (Lipinski definition) is 2. The maximum Gasteiger partial charge on any atom is 0.408 e. The number of unbranched alkanes of at least 4 members (excludes halogenated alkanes) is 30. The highest BCUT2D eigenvalue weighted by molar-refractivity contribution is 5.86. The summed E-state index contributed by atoms with van der Waals surface area (Å²) in [6, 6.07) is -0.900. The minimum atomic E-state index is -0.976. The lowest BCUT2D eigenvalue weighted by Crippen LogP contribution is -2.50. The summed E-state index contributed by atoms with van der Waals surface area (Å²) < 4.78 is 5.42. The Balaban J connectivity index is 4.57. The number of carboxylic acid groups (broad SMARTS) is 1. The molecule has 0 radical (unpaired) electrons. The van der Waals surface area contributed by atoms with Gasteiger partial charge in [-0.3, -0.25) is 9.59 Å². The molecule has 1 atom stereocenters. The van der Waals surface area contributed by atoms with Crippen molar-refractivity contribution in [1.82, 2.24) is 10.2 Å². The van der Waals surface area contributed by atoms with Gasteiger partial charge in [0.2, 0.25) is 5.91 Å². The van der Waals surface area contributed by atoms with Crippen molar-refractivity contribution < 1.29 is 24.2 Å². The van der Waals surface area contributed by atoms with Gasteiger partial charge in [-0.2, -0.15) is 0 Å². The zero-order chi connectivity index (χ0) is 39.3. The summed E-state index contributed by atoms with van der Waals surface area (Å²) in [5.41, 5.74) is -0.703. The van der Waals surface area contributed by atoms with Gasteiger partial charge in [0.05, 0.1) is 0 Å². The van der Waals surface area contributed by atoms with Gasteiger partial charge in [-0.1, -0.05) is 206 Å². The van der Waals surface area contributed by atoms with Gasteiger partial charge in [0, 0.05) is 19.5 Å². The van der Waals surface area contributed by atoms with E-state index in [0.29, 0.717) is 13.1 Å². The third-order valence-electron chi connectivity index (χ3n) is 10.5. The van der Waals surface area contributed by atoms with Gasteiger partial charge in [-0.05, 0) is 40.0 Å². The molecule has 0 aromatic carbocycles. The molecule has 0 aliphatic heterocycles. The molecule has 0 aromatic heterocycles. The molecule has 0 bridgehead atoms. The molecular formula is C46H90N2O5. The Kier molecular flexibility index (Phi) is 35.9. The maximum absolute atomic E-state index is 13.8. The fraction of sp³-hybridized carbons (Fsp3) is 0.935. The van der Waals surface area contributed by atoms with Crippen molar-refractivity contribution in [3.05, 3.63) is 0 Å². The molecule has 2 amide bonds. The molecule has 0 aromatic rings. The van der Waals surface area contributed by atoms with Crippen LogP contribution in [0.5, 0.6) is 0 Å². The van der Waals surface area contributed by atoms with Crippen LogP contribution in [0.1, 0.15) is 253 Å². The highest BCUT2D eigenvalue weighted by atomic mass is 16.6. The van der Waals surface area contributed by atoms with Gasteiger partial charge in [-0.25, -0.2) is 4.79 Å². The molecule has 314 valence electrons. The number of carboxylic acids is 1. The molecule has 0 spiro atoms. The summed E-state index contributed by atoms with van der Waals surface area (Å²) in [6.45, 7) is 11.2. The Morgan fingerprint density at radius 3 is 1.06 bits per heavy atom. The fourth-order valence-electron chi connectivity index (χ4n) is 7.23. The highest BCUT2D eigenvalue weighted by Crippen LogP contribution is 2.17. The van der Waals surface area contributed by atoms with Gasteiger partial charge in [0.25, 0.3) is 0 Å². The first kappa shape index (κ1) is 51.2. The first-order valence-corrected chi connectivity index (χ1v) is 23.1. The van der Waals surface area contributed by atoms with Crippen LogP contribution in [0.4, 0.5) is 4.79 Å². The van der Waals surface area contributed by atoms with Crippen LogP contribution in [0, 0.1) is 0 Å². The second-order valence-electron chi connectivity index (χ2n) is 17.1. The van der Waals surface area contributed by atoms with Crippen molar-refractivity contribution in [3.8, 4) is 0 Å². The van der Waals surface area contributed by atoms with E-state index in [9.17, 15) is 19.5 Å². The molecule has 0 saturated carbocycles. The van der Waals surface area contributed by atoms with E-state index in [-0.39, 0.29) is 18.7 Å². The number of rotatable bonds is 39. The molecule has 0 unspecified atom stereocenters. The van der Waals surface area contributed by atoms with Crippen LogP contribution in [0.25, 0.3) is 0 Å². The zero-order valence-corrected chi connectivity index (χ0v) is 36.1. The van der Waals surface area contributed by atoms with E-state index in [1.165, 1.54) is 180 Å². The number of nitrogens with one attached hydrogen (secondary N) is 1. The number of alkyl carbamates (subject to hydrolysis) is 1. The molecule has 2 N–H and O–H groups in total. The predicted molar refractivity (Wildman–Crippen MR) is 226 cm³/mol. The molecule has 0 heterocycles. The molecular weight excluding hydrogens is 661 g/mol. The standard InChI is InChI=1S/C46H90N2O5/c1-6-8-10-12-14-16-18-20-22-24-26-28-30-32-34-36-40-48(44(51)42(38-39-43(49)50)47-45(52)53-46(3,4)5)41-37-35-33-31-29-27-25-23-21-19-17-15-13-11-9-7-2/h42H,6-41H2,1-5H3,(H,47,52)(H,49,50)/t42-/m0/s1. The summed E-state index contributed by atoms with van der Waals surface area (Å²) in [6.07, 6.45) is 40.9. The molecule has 0 saturated heterocycles. The number of ether oxygens (including phenoxy) is 1. The SMILES string of the molecule is CCCCCCCCCCCCCCCCCCN(CCCCCCCCCCCCCCCCCC)C(=O)[C@H](CCC(=O)O)NC(=O)OC(C)(C)C. The lowest BCUT2D eigenvalue weighted by atomic mass is 10.0. The summed E-state index contributed by atoms with van der Waals surface area (Å²) in [5, 5.41) is 12.1. The number of amides is 2. The summed E-state index contributed by atoms with van der Waals surface area (Å²) in [4.78, 5) is 39.7. The summed E-state index contributed by atoms with van der Waals surface area (Å²) in [5.74, 6) is -1.16. The summed E-state index contributed by atoms with van der Waals surface area (Å²) in [7, 11) is 0. The Morgan fingerprint density at radius 1 is 0.509 bits per heavy atom. The predicted octanol–water partition coefficient (Wildman–Crippen LogP) is 14.1. The van der Waals surface area contributed by atoms with Crippen molar-refractivity contribution in [2.45, 2.75) is 265 Å². The maximum atomic E-state index is 13.8. The van der Waals surface area contributed by atoms with Crippen LogP contribution in [0.3, 0.4) is 0 Å². The average molecular weight is 751 g/mol. The Morgan fingerprint density at radius 2 is 0.792 bits per heavy atom. The van der Waals surface area contributed by atoms with Crippen molar-refractivity contribution in [2.24, 2.45) is 0 Å². The van der Waals surface area contributed by atoms with E-state index < -0.39 is 23.7 Å². The first-order valence-electron chi connectivity index (χ1n) is 23.1. The molecule has 0 aliphatic rings. The lowest BCUT2D eigenvalue weighted by Gasteiger charge is -2.29. The Bertz CT molecular complexity index is 806. The second kappa shape index (κ2) is 37.1. The van der Waals surface area contributed by atoms with E-state index in [1.54, 1.807) is 20.8 Å². The van der Waals surface area contributed by atoms with Gasteiger partial charge in [0.15, 0.2) is 0 Å². The number of carbonyl (C=O) groups is 3. The molecule has 0 fully saturated rings. The third-order valence-corrected chi connectivity index (χ3v) is 10.5. The van der Waals surface area contributed by atoms with E-state index in [2.05, 4.69) is 19.2 Å². The molecule has 53 heavy (non-hydrogen) atoms. The minimum absolute atomic E-state index is 0.0574. The van der Waals surface area contributed by atoms with E-state index >= 15 is 0 Å². The molecule has 7 heteroatoms. The van der Waals surface area contributed by atoms with Crippen molar-refractivity contribution in [1.29, 1.82) is 0 Å². The largest absolute Gasteiger partial charge is 0.481 e. The highest BCUT2D eigenvalue weighted by Gasteiger charge is 2.28.